The Kier molecular flexibility index (Phi) is 4.78. The fraction of sp³-hybridized carbons (Fsp3) is 0.923. The van der Waals surface area contributed by atoms with E-state index in [-0.39, 0.29) is 5.92 Å². The molecule has 1 heterocycles. The van der Waals surface area contributed by atoms with Crippen LogP contribution in [0.4, 0.5) is 0 Å². The number of likely N-dealkylation sites (tertiary alicyclic amines) is 1. The maximum atomic E-state index is 12.1. The summed E-state index contributed by atoms with van der Waals surface area (Å²) in [4.78, 5) is 14.1. The first kappa shape index (κ1) is 13.5. The standard InChI is InChI=1S/C13H26N2O/c1-5-13(3)6-8-15(9-7-13)12(16)11(2)10-14-4/h11,14H,5-10H2,1-4H3. The summed E-state index contributed by atoms with van der Waals surface area (Å²) in [5, 5.41) is 3.07. The van der Waals surface area contributed by atoms with Crippen molar-refractivity contribution in [1.82, 2.24) is 10.2 Å². The van der Waals surface area contributed by atoms with Crippen molar-refractivity contribution < 1.29 is 4.79 Å². The smallest absolute Gasteiger partial charge is 0.226 e. The van der Waals surface area contributed by atoms with Gasteiger partial charge < -0.3 is 10.2 Å². The van der Waals surface area contributed by atoms with Crippen LogP contribution < -0.4 is 5.32 Å². The minimum atomic E-state index is 0.107. The van der Waals surface area contributed by atoms with Crippen LogP contribution in [0, 0.1) is 11.3 Å². The number of nitrogens with one attached hydrogen (secondary N) is 1. The lowest BCUT2D eigenvalue weighted by molar-refractivity contribution is -0.137. The molecule has 0 aromatic heterocycles. The summed E-state index contributed by atoms with van der Waals surface area (Å²) in [6.07, 6.45) is 3.53. The molecule has 1 amide bonds. The summed E-state index contributed by atoms with van der Waals surface area (Å²) in [6.45, 7) is 9.26. The molecular weight excluding hydrogens is 200 g/mol. The van der Waals surface area contributed by atoms with E-state index in [1.54, 1.807) is 0 Å². The normalized spacial score (nSPS) is 21.9. The number of carbonyl (C=O) groups excluding carboxylic acids is 1. The molecule has 1 aliphatic heterocycles. The van der Waals surface area contributed by atoms with Gasteiger partial charge in [-0.1, -0.05) is 27.2 Å². The second kappa shape index (κ2) is 5.67. The van der Waals surface area contributed by atoms with Gasteiger partial charge in [0.1, 0.15) is 0 Å². The first-order valence-electron chi connectivity index (χ1n) is 6.46. The molecule has 1 saturated heterocycles. The minimum absolute atomic E-state index is 0.107. The molecule has 1 atom stereocenters. The van der Waals surface area contributed by atoms with Gasteiger partial charge in [-0.3, -0.25) is 4.79 Å². The van der Waals surface area contributed by atoms with E-state index in [9.17, 15) is 4.79 Å². The lowest BCUT2D eigenvalue weighted by Gasteiger charge is -2.39. The van der Waals surface area contributed by atoms with E-state index in [4.69, 9.17) is 0 Å². The number of rotatable bonds is 4. The van der Waals surface area contributed by atoms with E-state index in [0.29, 0.717) is 11.3 Å². The van der Waals surface area contributed by atoms with Crippen molar-refractivity contribution in [3.63, 3.8) is 0 Å². The SMILES string of the molecule is CCC1(C)CCN(C(=O)C(C)CNC)CC1. The average Bonchev–Trinajstić information content (AvgIpc) is 2.29. The Morgan fingerprint density at radius 1 is 1.44 bits per heavy atom. The third-order valence-electron chi connectivity index (χ3n) is 4.07. The molecule has 1 aliphatic rings. The summed E-state index contributed by atoms with van der Waals surface area (Å²) in [5.74, 6) is 0.420. The summed E-state index contributed by atoms with van der Waals surface area (Å²) >= 11 is 0. The first-order chi connectivity index (χ1) is 7.52. The van der Waals surface area contributed by atoms with Crippen molar-refractivity contribution in [3.05, 3.63) is 0 Å². The maximum absolute atomic E-state index is 12.1. The molecule has 94 valence electrons. The van der Waals surface area contributed by atoms with Crippen LogP contribution in [0.2, 0.25) is 0 Å². The fourth-order valence-electron chi connectivity index (χ4n) is 2.33. The highest BCUT2D eigenvalue weighted by molar-refractivity contribution is 5.78. The van der Waals surface area contributed by atoms with Crippen LogP contribution in [0.1, 0.15) is 40.0 Å². The quantitative estimate of drug-likeness (QED) is 0.794. The molecule has 0 saturated carbocycles. The van der Waals surface area contributed by atoms with Crippen molar-refractivity contribution >= 4 is 5.91 Å². The van der Waals surface area contributed by atoms with Gasteiger partial charge in [0, 0.05) is 25.6 Å². The predicted molar refractivity (Wildman–Crippen MR) is 67.3 cm³/mol. The highest BCUT2D eigenvalue weighted by Crippen LogP contribution is 2.34. The Balaban J connectivity index is 2.44. The average molecular weight is 226 g/mol. The molecule has 0 spiro atoms. The van der Waals surface area contributed by atoms with Crippen LogP contribution in [0.25, 0.3) is 0 Å². The Morgan fingerprint density at radius 3 is 2.44 bits per heavy atom. The van der Waals surface area contributed by atoms with Crippen molar-refractivity contribution in [2.24, 2.45) is 11.3 Å². The number of piperidine rings is 1. The molecule has 1 fully saturated rings. The molecule has 16 heavy (non-hydrogen) atoms. The van der Waals surface area contributed by atoms with E-state index in [2.05, 4.69) is 19.2 Å². The number of hydrogen-bond acceptors (Lipinski definition) is 2. The van der Waals surface area contributed by atoms with Crippen LogP contribution in [0.15, 0.2) is 0 Å². The van der Waals surface area contributed by atoms with Crippen LogP contribution in [0.5, 0.6) is 0 Å². The molecule has 0 bridgehead atoms. The molecule has 0 radical (unpaired) electrons. The van der Waals surface area contributed by atoms with Crippen molar-refractivity contribution in [2.75, 3.05) is 26.7 Å². The van der Waals surface area contributed by atoms with Gasteiger partial charge in [0.25, 0.3) is 0 Å². The van der Waals surface area contributed by atoms with Crippen LogP contribution in [-0.4, -0.2) is 37.5 Å². The van der Waals surface area contributed by atoms with Gasteiger partial charge in [-0.25, -0.2) is 0 Å². The molecule has 1 N–H and O–H groups in total. The Labute approximate surface area is 99.6 Å². The van der Waals surface area contributed by atoms with Gasteiger partial charge >= 0.3 is 0 Å². The summed E-state index contributed by atoms with van der Waals surface area (Å²) in [6, 6.07) is 0. The molecule has 0 aromatic rings. The van der Waals surface area contributed by atoms with Gasteiger partial charge in [0.15, 0.2) is 0 Å². The number of nitrogens with zero attached hydrogens (tertiary/aromatic N) is 1. The Bertz CT molecular complexity index is 232. The third-order valence-corrected chi connectivity index (χ3v) is 4.07. The molecule has 0 aromatic carbocycles. The summed E-state index contributed by atoms with van der Waals surface area (Å²) in [7, 11) is 1.90. The molecule has 0 aliphatic carbocycles. The Morgan fingerprint density at radius 2 is 2.00 bits per heavy atom. The van der Waals surface area contributed by atoms with Crippen molar-refractivity contribution in [2.45, 2.75) is 40.0 Å². The van der Waals surface area contributed by atoms with Gasteiger partial charge in [0.2, 0.25) is 5.91 Å². The van der Waals surface area contributed by atoms with Crippen molar-refractivity contribution in [1.29, 1.82) is 0 Å². The number of carbonyl (C=O) groups is 1. The molecule has 1 unspecified atom stereocenters. The van der Waals surface area contributed by atoms with E-state index in [1.807, 2.05) is 18.9 Å². The van der Waals surface area contributed by atoms with E-state index in [1.165, 1.54) is 6.42 Å². The highest BCUT2D eigenvalue weighted by Gasteiger charge is 2.31. The number of hydrogen-bond donors (Lipinski definition) is 1. The topological polar surface area (TPSA) is 32.3 Å². The molecular formula is C13H26N2O. The third kappa shape index (κ3) is 3.21. The fourth-order valence-corrected chi connectivity index (χ4v) is 2.33. The first-order valence-corrected chi connectivity index (χ1v) is 6.46. The molecule has 1 rings (SSSR count). The van der Waals surface area contributed by atoms with Crippen LogP contribution in [0.3, 0.4) is 0 Å². The maximum Gasteiger partial charge on any atom is 0.226 e. The van der Waals surface area contributed by atoms with Gasteiger partial charge in [0.05, 0.1) is 0 Å². The predicted octanol–water partition coefficient (Wildman–Crippen LogP) is 1.88. The summed E-state index contributed by atoms with van der Waals surface area (Å²) < 4.78 is 0. The second-order valence-electron chi connectivity index (χ2n) is 5.45. The summed E-state index contributed by atoms with van der Waals surface area (Å²) in [5.41, 5.74) is 0.461. The lowest BCUT2D eigenvalue weighted by atomic mass is 9.78. The highest BCUT2D eigenvalue weighted by atomic mass is 16.2. The van der Waals surface area contributed by atoms with Gasteiger partial charge in [-0.2, -0.15) is 0 Å². The van der Waals surface area contributed by atoms with E-state index < -0.39 is 0 Å². The van der Waals surface area contributed by atoms with Gasteiger partial charge in [-0.05, 0) is 25.3 Å². The second-order valence-corrected chi connectivity index (χ2v) is 5.45. The zero-order chi connectivity index (χ0) is 12.2. The van der Waals surface area contributed by atoms with Gasteiger partial charge in [-0.15, -0.1) is 0 Å². The number of amides is 1. The minimum Gasteiger partial charge on any atom is -0.342 e. The largest absolute Gasteiger partial charge is 0.342 e. The molecule has 3 heteroatoms. The van der Waals surface area contributed by atoms with E-state index in [0.717, 1.165) is 32.5 Å². The monoisotopic (exact) mass is 226 g/mol. The van der Waals surface area contributed by atoms with Crippen LogP contribution >= 0.6 is 0 Å². The van der Waals surface area contributed by atoms with Crippen LogP contribution in [-0.2, 0) is 4.79 Å². The zero-order valence-electron chi connectivity index (χ0n) is 11.2. The zero-order valence-corrected chi connectivity index (χ0v) is 11.2. The van der Waals surface area contributed by atoms with Crippen molar-refractivity contribution in [3.8, 4) is 0 Å². The van der Waals surface area contributed by atoms with E-state index >= 15 is 0 Å². The molecule has 3 nitrogen and oxygen atoms in total. The lowest BCUT2D eigenvalue weighted by Crippen LogP contribution is -2.45. The Hall–Kier alpha value is -0.570.